The van der Waals surface area contributed by atoms with Crippen LogP contribution in [0.2, 0.25) is 0 Å². The molecule has 1 aromatic carbocycles. The monoisotopic (exact) mass is 306 g/mol. The van der Waals surface area contributed by atoms with Crippen LogP contribution in [0.3, 0.4) is 0 Å². The van der Waals surface area contributed by atoms with Gasteiger partial charge in [0.2, 0.25) is 0 Å². The fraction of sp³-hybridized carbons (Fsp3) is 0.143. The molecule has 0 saturated heterocycles. The summed E-state index contributed by atoms with van der Waals surface area (Å²) in [6.45, 7) is 0. The Morgan fingerprint density at radius 2 is 1.90 bits per heavy atom. The first-order valence-corrected chi connectivity index (χ1v) is 7.59. The van der Waals surface area contributed by atoms with Crippen molar-refractivity contribution in [1.82, 2.24) is 4.98 Å². The summed E-state index contributed by atoms with van der Waals surface area (Å²) >= 11 is 0. The molecular weight excluding hydrogens is 292 g/mol. The Kier molecular flexibility index (Phi) is 4.54. The van der Waals surface area contributed by atoms with Crippen LogP contribution >= 0.6 is 0 Å². The normalized spacial score (nSPS) is 10.9. The van der Waals surface area contributed by atoms with Gasteiger partial charge in [-0.05, 0) is 23.8 Å². The van der Waals surface area contributed by atoms with Crippen LogP contribution in [0.25, 0.3) is 0 Å². The maximum Gasteiger partial charge on any atom is 0.310 e. The molecule has 7 heteroatoms. The smallest absolute Gasteiger partial charge is 0.310 e. The molecule has 2 aromatic rings. The van der Waals surface area contributed by atoms with E-state index >= 15 is 0 Å². The van der Waals surface area contributed by atoms with Crippen LogP contribution in [0.5, 0.6) is 0 Å². The number of aromatic nitrogens is 1. The number of carbonyl (C=O) groups excluding carboxylic acids is 1. The number of methoxy groups -OCH3 is 1. The second kappa shape index (κ2) is 6.36. The molecule has 0 spiro atoms. The molecule has 0 radical (unpaired) electrons. The first-order valence-electron chi connectivity index (χ1n) is 6.11. The van der Waals surface area contributed by atoms with E-state index in [2.05, 4.69) is 14.4 Å². The quantitative estimate of drug-likeness (QED) is 0.848. The summed E-state index contributed by atoms with van der Waals surface area (Å²) in [6, 6.07) is 11.1. The van der Waals surface area contributed by atoms with Crippen LogP contribution in [0.15, 0.2) is 53.6 Å². The maximum atomic E-state index is 12.1. The lowest BCUT2D eigenvalue weighted by Gasteiger charge is -2.07. The number of nitrogens with one attached hydrogen (secondary N) is 1. The zero-order valence-electron chi connectivity index (χ0n) is 11.3. The molecule has 1 N–H and O–H groups in total. The number of hydrogen-bond acceptors (Lipinski definition) is 5. The Morgan fingerprint density at radius 1 is 1.19 bits per heavy atom. The minimum absolute atomic E-state index is 0.0925. The molecule has 1 aromatic heterocycles. The highest BCUT2D eigenvalue weighted by Gasteiger charge is 2.14. The number of pyridine rings is 1. The number of sulfonamides is 1. The average molecular weight is 306 g/mol. The fourth-order valence-corrected chi connectivity index (χ4v) is 2.65. The number of benzene rings is 1. The van der Waals surface area contributed by atoms with E-state index in [-0.39, 0.29) is 23.1 Å². The minimum Gasteiger partial charge on any atom is -0.469 e. The summed E-state index contributed by atoms with van der Waals surface area (Å²) in [5, 5.41) is 0. The second-order valence-corrected chi connectivity index (χ2v) is 5.91. The molecule has 110 valence electrons. The molecule has 6 nitrogen and oxygen atoms in total. The van der Waals surface area contributed by atoms with Crippen molar-refractivity contribution in [3.63, 3.8) is 0 Å². The molecule has 0 atom stereocenters. The third kappa shape index (κ3) is 4.03. The zero-order valence-corrected chi connectivity index (χ0v) is 12.1. The molecular formula is C14H14N2O4S. The van der Waals surface area contributed by atoms with Gasteiger partial charge in [0.25, 0.3) is 10.0 Å². The van der Waals surface area contributed by atoms with Gasteiger partial charge < -0.3 is 4.74 Å². The molecule has 0 aliphatic heterocycles. The lowest BCUT2D eigenvalue weighted by Crippen LogP contribution is -2.14. The highest BCUT2D eigenvalue weighted by molar-refractivity contribution is 7.92. The molecule has 0 aliphatic rings. The molecule has 21 heavy (non-hydrogen) atoms. The number of anilines is 1. The molecule has 1 heterocycles. The number of nitrogens with zero attached hydrogens (tertiary/aromatic N) is 1. The Morgan fingerprint density at radius 3 is 2.48 bits per heavy atom. The third-order valence-corrected chi connectivity index (χ3v) is 4.06. The SMILES string of the molecule is COC(=O)Cc1ccc(NS(=O)(=O)c2ccccc2)nc1. The number of esters is 1. The lowest BCUT2D eigenvalue weighted by molar-refractivity contribution is -0.139. The molecule has 0 amide bonds. The average Bonchev–Trinajstić information content (AvgIpc) is 2.50. The van der Waals surface area contributed by atoms with Gasteiger partial charge in [0.15, 0.2) is 0 Å². The molecule has 2 rings (SSSR count). The van der Waals surface area contributed by atoms with Crippen molar-refractivity contribution in [3.8, 4) is 0 Å². The van der Waals surface area contributed by atoms with Crippen molar-refractivity contribution in [2.24, 2.45) is 0 Å². The zero-order chi connectivity index (χ0) is 15.3. The first-order chi connectivity index (χ1) is 10.0. The summed E-state index contributed by atoms with van der Waals surface area (Å²) in [7, 11) is -2.35. The van der Waals surface area contributed by atoms with Crippen LogP contribution in [-0.2, 0) is 26.0 Å². The van der Waals surface area contributed by atoms with E-state index in [1.165, 1.54) is 31.5 Å². The van der Waals surface area contributed by atoms with Crippen molar-refractivity contribution < 1.29 is 17.9 Å². The molecule has 0 fully saturated rings. The highest BCUT2D eigenvalue weighted by atomic mass is 32.2. The first kappa shape index (κ1) is 15.0. The van der Waals surface area contributed by atoms with Gasteiger partial charge in [0.05, 0.1) is 18.4 Å². The highest BCUT2D eigenvalue weighted by Crippen LogP contribution is 2.14. The summed E-state index contributed by atoms with van der Waals surface area (Å²) in [4.78, 5) is 15.3. The van der Waals surface area contributed by atoms with E-state index in [1.807, 2.05) is 0 Å². The van der Waals surface area contributed by atoms with Gasteiger partial charge in [0.1, 0.15) is 5.82 Å². The summed E-state index contributed by atoms with van der Waals surface area (Å²) in [5.74, 6) is -0.193. The second-order valence-electron chi connectivity index (χ2n) is 4.22. The van der Waals surface area contributed by atoms with E-state index in [0.717, 1.165) is 0 Å². The topological polar surface area (TPSA) is 85.4 Å². The van der Waals surface area contributed by atoms with Crippen molar-refractivity contribution in [3.05, 3.63) is 54.2 Å². The minimum atomic E-state index is -3.66. The van der Waals surface area contributed by atoms with Crippen LogP contribution in [0, 0.1) is 0 Å². The number of rotatable bonds is 5. The predicted octanol–water partition coefficient (Wildman–Crippen LogP) is 1.60. The third-order valence-electron chi connectivity index (χ3n) is 2.69. The number of hydrogen-bond donors (Lipinski definition) is 1. The van der Waals surface area contributed by atoms with E-state index in [9.17, 15) is 13.2 Å². The van der Waals surface area contributed by atoms with Gasteiger partial charge in [0, 0.05) is 6.20 Å². The Bertz CT molecular complexity index is 712. The number of ether oxygens (including phenoxy) is 1. The standard InChI is InChI=1S/C14H14N2O4S/c1-20-14(17)9-11-7-8-13(15-10-11)16-21(18,19)12-5-3-2-4-6-12/h2-8,10H,9H2,1H3,(H,15,16). The van der Waals surface area contributed by atoms with Crippen molar-refractivity contribution >= 4 is 21.8 Å². The summed E-state index contributed by atoms with van der Waals surface area (Å²) < 4.78 is 31.1. The van der Waals surface area contributed by atoms with E-state index in [1.54, 1.807) is 24.3 Å². The maximum absolute atomic E-state index is 12.1. The van der Waals surface area contributed by atoms with Crippen LogP contribution in [-0.4, -0.2) is 26.5 Å². The Hall–Kier alpha value is -2.41. The molecule has 0 bridgehead atoms. The largest absolute Gasteiger partial charge is 0.469 e. The van der Waals surface area contributed by atoms with Gasteiger partial charge >= 0.3 is 5.97 Å². The van der Waals surface area contributed by atoms with E-state index in [4.69, 9.17) is 0 Å². The van der Waals surface area contributed by atoms with Gasteiger partial charge in [-0.2, -0.15) is 0 Å². The van der Waals surface area contributed by atoms with Crippen molar-refractivity contribution in [2.45, 2.75) is 11.3 Å². The fourth-order valence-electron chi connectivity index (χ4n) is 1.62. The summed E-state index contributed by atoms with van der Waals surface area (Å²) in [6.07, 6.45) is 1.52. The Balaban J connectivity index is 2.12. The van der Waals surface area contributed by atoms with Crippen molar-refractivity contribution in [2.75, 3.05) is 11.8 Å². The van der Waals surface area contributed by atoms with E-state index < -0.39 is 10.0 Å². The van der Waals surface area contributed by atoms with Crippen LogP contribution < -0.4 is 4.72 Å². The Labute approximate surface area is 122 Å². The van der Waals surface area contributed by atoms with Gasteiger partial charge in [-0.1, -0.05) is 24.3 Å². The lowest BCUT2D eigenvalue weighted by atomic mass is 10.2. The van der Waals surface area contributed by atoms with E-state index in [0.29, 0.717) is 5.56 Å². The van der Waals surface area contributed by atoms with Crippen molar-refractivity contribution in [1.29, 1.82) is 0 Å². The van der Waals surface area contributed by atoms with Gasteiger partial charge in [-0.25, -0.2) is 13.4 Å². The summed E-state index contributed by atoms with van der Waals surface area (Å²) in [5.41, 5.74) is 0.643. The molecule has 0 unspecified atom stereocenters. The van der Waals surface area contributed by atoms with Gasteiger partial charge in [-0.3, -0.25) is 9.52 Å². The van der Waals surface area contributed by atoms with Gasteiger partial charge in [-0.15, -0.1) is 0 Å². The number of carbonyl (C=O) groups is 1. The van der Waals surface area contributed by atoms with Crippen LogP contribution in [0.1, 0.15) is 5.56 Å². The van der Waals surface area contributed by atoms with Crippen LogP contribution in [0.4, 0.5) is 5.82 Å². The molecule has 0 saturated carbocycles. The predicted molar refractivity (Wildman–Crippen MR) is 77.2 cm³/mol. The molecule has 0 aliphatic carbocycles.